The highest BCUT2D eigenvalue weighted by molar-refractivity contribution is 7.89. The van der Waals surface area contributed by atoms with Crippen LogP contribution < -0.4 is 10.2 Å². The molecule has 1 unspecified atom stereocenters. The van der Waals surface area contributed by atoms with Crippen molar-refractivity contribution in [1.29, 1.82) is 0 Å². The van der Waals surface area contributed by atoms with Crippen molar-refractivity contribution in [2.45, 2.75) is 24.4 Å². The minimum absolute atomic E-state index is 0.151. The number of amides is 1. The highest BCUT2D eigenvalue weighted by Gasteiger charge is 2.26. The maximum Gasteiger partial charge on any atom is 0.242 e. The molecule has 0 aliphatic carbocycles. The van der Waals surface area contributed by atoms with Gasteiger partial charge in [-0.15, -0.1) is 0 Å². The van der Waals surface area contributed by atoms with Crippen molar-refractivity contribution in [1.82, 2.24) is 9.21 Å². The molecule has 0 fully saturated rings. The second-order valence-corrected chi connectivity index (χ2v) is 9.65. The van der Waals surface area contributed by atoms with E-state index >= 15 is 0 Å². The number of carbonyl (C=O) groups is 1. The zero-order valence-corrected chi connectivity index (χ0v) is 18.1. The summed E-state index contributed by atoms with van der Waals surface area (Å²) < 4.78 is 25.8. The Kier molecular flexibility index (Phi) is 6.26. The van der Waals surface area contributed by atoms with Crippen molar-refractivity contribution in [2.24, 2.45) is 0 Å². The van der Waals surface area contributed by atoms with E-state index < -0.39 is 10.0 Å². The van der Waals surface area contributed by atoms with Crippen molar-refractivity contribution < 1.29 is 13.2 Å². The molecule has 1 atom stereocenters. The van der Waals surface area contributed by atoms with Crippen LogP contribution in [0, 0.1) is 0 Å². The highest BCUT2D eigenvalue weighted by Crippen LogP contribution is 2.25. The van der Waals surface area contributed by atoms with Crippen LogP contribution in [0.25, 0.3) is 0 Å². The Morgan fingerprint density at radius 1 is 1.10 bits per heavy atom. The summed E-state index contributed by atoms with van der Waals surface area (Å²) in [5.41, 5.74) is 2.84. The van der Waals surface area contributed by atoms with Crippen LogP contribution in [-0.4, -0.2) is 63.8 Å². The molecule has 1 amide bonds. The van der Waals surface area contributed by atoms with E-state index in [2.05, 4.69) is 34.3 Å². The lowest BCUT2D eigenvalue weighted by Gasteiger charge is -2.27. The maximum atomic E-state index is 12.9. The van der Waals surface area contributed by atoms with E-state index in [1.165, 1.54) is 37.5 Å². The highest BCUT2D eigenvalue weighted by atomic mass is 32.2. The number of likely N-dealkylation sites (N-methyl/N-ethyl adjacent to an activating group) is 1. The number of carbonyl (C=O) groups excluding carboxylic acids is 1. The zero-order chi connectivity index (χ0) is 21.2. The topological polar surface area (TPSA) is 73.0 Å². The quantitative estimate of drug-likeness (QED) is 0.809. The van der Waals surface area contributed by atoms with E-state index in [4.69, 9.17) is 0 Å². The standard InChI is InChI=1S/C21H28N4O3S/c1-16(25-13-12-24(4)20-11-6-5-8-17(20)15-25)21(26)22-18-9-7-10-19(14-18)29(27,28)23(2)3/h5-11,14,16H,12-13,15H2,1-4H3,(H,22,26). The molecule has 0 spiro atoms. The van der Waals surface area contributed by atoms with Crippen LogP contribution in [0.3, 0.4) is 0 Å². The molecule has 0 radical (unpaired) electrons. The average molecular weight is 417 g/mol. The fraction of sp³-hybridized carbons (Fsp3) is 0.381. The Morgan fingerprint density at radius 2 is 1.83 bits per heavy atom. The summed E-state index contributed by atoms with van der Waals surface area (Å²) in [6.07, 6.45) is 0. The van der Waals surface area contributed by atoms with Crippen LogP contribution in [0.2, 0.25) is 0 Å². The normalized spacial score (nSPS) is 16.2. The van der Waals surface area contributed by atoms with Crippen LogP contribution in [-0.2, 0) is 21.4 Å². The number of nitrogens with one attached hydrogen (secondary N) is 1. The van der Waals surface area contributed by atoms with Gasteiger partial charge >= 0.3 is 0 Å². The number of fused-ring (bicyclic) bond motifs is 1. The van der Waals surface area contributed by atoms with Crippen molar-refractivity contribution in [3.05, 3.63) is 54.1 Å². The number of benzene rings is 2. The van der Waals surface area contributed by atoms with Gasteiger partial charge in [0.2, 0.25) is 15.9 Å². The molecule has 8 heteroatoms. The van der Waals surface area contributed by atoms with Crippen LogP contribution in [0.15, 0.2) is 53.4 Å². The summed E-state index contributed by atoms with van der Waals surface area (Å²) in [5, 5.41) is 2.87. The number of hydrogen-bond donors (Lipinski definition) is 1. The lowest BCUT2D eigenvalue weighted by atomic mass is 10.1. The van der Waals surface area contributed by atoms with Gasteiger partial charge in [0.25, 0.3) is 0 Å². The van der Waals surface area contributed by atoms with Gasteiger partial charge in [-0.05, 0) is 36.8 Å². The third-order valence-corrected chi connectivity index (χ3v) is 7.12. The second-order valence-electron chi connectivity index (χ2n) is 7.50. The molecule has 156 valence electrons. The molecular formula is C21H28N4O3S. The predicted molar refractivity (Wildman–Crippen MR) is 116 cm³/mol. The minimum Gasteiger partial charge on any atom is -0.373 e. The molecule has 7 nitrogen and oxygen atoms in total. The van der Waals surface area contributed by atoms with E-state index in [-0.39, 0.29) is 16.8 Å². The molecule has 2 aromatic rings. The van der Waals surface area contributed by atoms with Gasteiger partial charge in [-0.1, -0.05) is 24.3 Å². The van der Waals surface area contributed by atoms with Gasteiger partial charge in [0.15, 0.2) is 0 Å². The Balaban J connectivity index is 1.75. The number of sulfonamides is 1. The lowest BCUT2D eigenvalue weighted by Crippen LogP contribution is -2.43. The summed E-state index contributed by atoms with van der Waals surface area (Å²) in [4.78, 5) is 17.4. The Hall–Kier alpha value is -2.42. The molecule has 0 bridgehead atoms. The number of rotatable bonds is 5. The summed E-state index contributed by atoms with van der Waals surface area (Å²) >= 11 is 0. The van der Waals surface area contributed by atoms with Crippen molar-refractivity contribution in [2.75, 3.05) is 44.4 Å². The largest absolute Gasteiger partial charge is 0.373 e. The van der Waals surface area contributed by atoms with Crippen LogP contribution in [0.5, 0.6) is 0 Å². The van der Waals surface area contributed by atoms with Gasteiger partial charge in [0, 0.05) is 52.2 Å². The van der Waals surface area contributed by atoms with Gasteiger partial charge in [0.1, 0.15) is 0 Å². The van der Waals surface area contributed by atoms with E-state index in [9.17, 15) is 13.2 Å². The molecular weight excluding hydrogens is 388 g/mol. The van der Waals surface area contributed by atoms with Crippen LogP contribution in [0.4, 0.5) is 11.4 Å². The molecule has 0 saturated carbocycles. The zero-order valence-electron chi connectivity index (χ0n) is 17.3. The third-order valence-electron chi connectivity index (χ3n) is 5.31. The first-order valence-electron chi connectivity index (χ1n) is 9.56. The first-order valence-corrected chi connectivity index (χ1v) is 11.0. The number of para-hydroxylation sites is 1. The van der Waals surface area contributed by atoms with Crippen LogP contribution in [0.1, 0.15) is 12.5 Å². The van der Waals surface area contributed by atoms with E-state index in [1.54, 1.807) is 12.1 Å². The van der Waals surface area contributed by atoms with E-state index in [0.29, 0.717) is 12.2 Å². The minimum atomic E-state index is -3.55. The molecule has 3 rings (SSSR count). The lowest BCUT2D eigenvalue weighted by molar-refractivity contribution is -0.120. The maximum absolute atomic E-state index is 12.9. The Labute approximate surface area is 173 Å². The number of hydrogen-bond acceptors (Lipinski definition) is 5. The van der Waals surface area contributed by atoms with Crippen LogP contribution >= 0.6 is 0 Å². The molecule has 0 aromatic heterocycles. The van der Waals surface area contributed by atoms with Crippen molar-refractivity contribution in [3.63, 3.8) is 0 Å². The molecule has 29 heavy (non-hydrogen) atoms. The van der Waals surface area contributed by atoms with Crippen molar-refractivity contribution in [3.8, 4) is 0 Å². The van der Waals surface area contributed by atoms with Gasteiger partial charge in [-0.25, -0.2) is 12.7 Å². The SMILES string of the molecule is CC(C(=O)Nc1cccc(S(=O)(=O)N(C)C)c1)N1CCN(C)c2ccccc2C1. The Bertz CT molecular complexity index is 991. The fourth-order valence-electron chi connectivity index (χ4n) is 3.40. The number of anilines is 2. The number of nitrogens with zero attached hydrogens (tertiary/aromatic N) is 3. The van der Waals surface area contributed by atoms with Gasteiger partial charge < -0.3 is 10.2 Å². The third kappa shape index (κ3) is 4.60. The molecule has 1 aliphatic rings. The molecule has 2 aromatic carbocycles. The molecule has 1 N–H and O–H groups in total. The van der Waals surface area contributed by atoms with E-state index in [0.717, 1.165) is 17.4 Å². The first-order chi connectivity index (χ1) is 13.7. The predicted octanol–water partition coefficient (Wildman–Crippen LogP) is 2.22. The first kappa shape index (κ1) is 21.3. The summed E-state index contributed by atoms with van der Waals surface area (Å²) in [6, 6.07) is 14.2. The molecule has 1 aliphatic heterocycles. The van der Waals surface area contributed by atoms with Gasteiger partial charge in [0.05, 0.1) is 10.9 Å². The molecule has 1 heterocycles. The fourth-order valence-corrected chi connectivity index (χ4v) is 4.35. The smallest absolute Gasteiger partial charge is 0.242 e. The second kappa shape index (κ2) is 8.52. The molecule has 0 saturated heterocycles. The van der Waals surface area contributed by atoms with E-state index in [1.807, 2.05) is 19.1 Å². The average Bonchev–Trinajstić information content (AvgIpc) is 2.86. The van der Waals surface area contributed by atoms with Gasteiger partial charge in [-0.3, -0.25) is 9.69 Å². The summed E-state index contributed by atoms with van der Waals surface area (Å²) in [5.74, 6) is -0.161. The van der Waals surface area contributed by atoms with Gasteiger partial charge in [-0.2, -0.15) is 0 Å². The monoisotopic (exact) mass is 416 g/mol. The summed E-state index contributed by atoms with van der Waals surface area (Å²) in [6.45, 7) is 4.15. The summed E-state index contributed by atoms with van der Waals surface area (Å²) in [7, 11) is 1.47. The van der Waals surface area contributed by atoms with Crippen molar-refractivity contribution >= 4 is 27.3 Å². The Morgan fingerprint density at radius 3 is 2.55 bits per heavy atom.